The normalized spacial score (nSPS) is 9.56. The Bertz CT molecular complexity index is 369. The molecule has 3 nitrogen and oxygen atoms in total. The lowest BCUT2D eigenvalue weighted by Gasteiger charge is -2.11. The first-order valence-corrected chi connectivity index (χ1v) is 5.25. The average molecular weight is 219 g/mol. The van der Waals surface area contributed by atoms with Crippen molar-refractivity contribution in [3.05, 3.63) is 23.8 Å². The molecule has 0 spiro atoms. The zero-order valence-electron chi connectivity index (χ0n) is 9.75. The summed E-state index contributed by atoms with van der Waals surface area (Å²) in [4.78, 5) is 0. The molecule has 16 heavy (non-hydrogen) atoms. The van der Waals surface area contributed by atoms with Gasteiger partial charge in [-0.05, 0) is 12.6 Å². The lowest BCUT2D eigenvalue weighted by atomic mass is 10.2. The SMILES string of the molecule is C#CCOc1cc(OC)ccc1CNCC. The molecule has 0 heterocycles. The zero-order chi connectivity index (χ0) is 11.8. The summed E-state index contributed by atoms with van der Waals surface area (Å²) >= 11 is 0. The fourth-order valence-electron chi connectivity index (χ4n) is 1.32. The maximum atomic E-state index is 5.47. The van der Waals surface area contributed by atoms with Gasteiger partial charge in [0.05, 0.1) is 7.11 Å². The van der Waals surface area contributed by atoms with Gasteiger partial charge in [0.1, 0.15) is 18.1 Å². The van der Waals surface area contributed by atoms with Crippen LogP contribution in [0.1, 0.15) is 12.5 Å². The molecule has 1 N–H and O–H groups in total. The number of hydrogen-bond donors (Lipinski definition) is 1. The lowest BCUT2D eigenvalue weighted by Crippen LogP contribution is -2.13. The van der Waals surface area contributed by atoms with Gasteiger partial charge in [-0.3, -0.25) is 0 Å². The second-order valence-corrected chi connectivity index (χ2v) is 3.25. The van der Waals surface area contributed by atoms with E-state index in [0.717, 1.165) is 30.2 Å². The maximum Gasteiger partial charge on any atom is 0.148 e. The van der Waals surface area contributed by atoms with Gasteiger partial charge < -0.3 is 14.8 Å². The number of nitrogens with one attached hydrogen (secondary N) is 1. The van der Waals surface area contributed by atoms with Crippen LogP contribution < -0.4 is 14.8 Å². The molecule has 86 valence electrons. The zero-order valence-corrected chi connectivity index (χ0v) is 9.75. The molecule has 1 aromatic rings. The van der Waals surface area contributed by atoms with Crippen molar-refractivity contribution in [2.24, 2.45) is 0 Å². The third kappa shape index (κ3) is 3.48. The van der Waals surface area contributed by atoms with E-state index in [-0.39, 0.29) is 6.61 Å². The van der Waals surface area contributed by atoms with E-state index in [4.69, 9.17) is 15.9 Å². The summed E-state index contributed by atoms with van der Waals surface area (Å²) in [5, 5.41) is 3.25. The van der Waals surface area contributed by atoms with E-state index in [2.05, 4.69) is 18.2 Å². The highest BCUT2D eigenvalue weighted by molar-refractivity contribution is 5.40. The van der Waals surface area contributed by atoms with E-state index < -0.39 is 0 Å². The first-order valence-electron chi connectivity index (χ1n) is 5.25. The number of ether oxygens (including phenoxy) is 2. The smallest absolute Gasteiger partial charge is 0.148 e. The highest BCUT2D eigenvalue weighted by Gasteiger charge is 2.04. The largest absolute Gasteiger partial charge is 0.497 e. The highest BCUT2D eigenvalue weighted by atomic mass is 16.5. The first-order chi connectivity index (χ1) is 7.81. The standard InChI is InChI=1S/C13H17NO2/c1-4-8-16-13-9-12(15-3)7-6-11(13)10-14-5-2/h1,6-7,9,14H,5,8,10H2,2-3H3. The van der Waals surface area contributed by atoms with E-state index in [1.807, 2.05) is 18.2 Å². The van der Waals surface area contributed by atoms with Crippen molar-refractivity contribution in [3.8, 4) is 23.8 Å². The molecule has 0 amide bonds. The maximum absolute atomic E-state index is 5.47. The van der Waals surface area contributed by atoms with Crippen molar-refractivity contribution in [2.45, 2.75) is 13.5 Å². The number of benzene rings is 1. The molecular weight excluding hydrogens is 202 g/mol. The number of terminal acetylenes is 1. The van der Waals surface area contributed by atoms with Gasteiger partial charge in [-0.15, -0.1) is 6.42 Å². The van der Waals surface area contributed by atoms with E-state index in [1.165, 1.54) is 0 Å². The Morgan fingerprint density at radius 2 is 2.25 bits per heavy atom. The second-order valence-electron chi connectivity index (χ2n) is 3.25. The summed E-state index contributed by atoms with van der Waals surface area (Å²) < 4.78 is 10.6. The highest BCUT2D eigenvalue weighted by Crippen LogP contribution is 2.24. The van der Waals surface area contributed by atoms with Crippen LogP contribution in [0.4, 0.5) is 0 Å². The molecule has 0 fully saturated rings. The Balaban J connectivity index is 2.83. The van der Waals surface area contributed by atoms with Crippen LogP contribution in [0.25, 0.3) is 0 Å². The van der Waals surface area contributed by atoms with Gasteiger partial charge in [-0.25, -0.2) is 0 Å². The monoisotopic (exact) mass is 219 g/mol. The number of rotatable bonds is 6. The fourth-order valence-corrected chi connectivity index (χ4v) is 1.32. The number of hydrogen-bond acceptors (Lipinski definition) is 3. The molecule has 0 aliphatic heterocycles. The summed E-state index contributed by atoms with van der Waals surface area (Å²) in [6, 6.07) is 5.74. The van der Waals surface area contributed by atoms with Crippen molar-refractivity contribution in [1.29, 1.82) is 0 Å². The summed E-state index contributed by atoms with van der Waals surface area (Å²) in [6.45, 7) is 4.01. The van der Waals surface area contributed by atoms with Gasteiger partial charge in [0, 0.05) is 18.2 Å². The minimum absolute atomic E-state index is 0.270. The predicted octanol–water partition coefficient (Wildman–Crippen LogP) is 1.82. The number of methoxy groups -OCH3 is 1. The average Bonchev–Trinajstić information content (AvgIpc) is 2.34. The molecule has 0 unspecified atom stereocenters. The van der Waals surface area contributed by atoms with Gasteiger partial charge in [0.15, 0.2) is 0 Å². The molecular formula is C13H17NO2. The molecule has 0 bridgehead atoms. The minimum Gasteiger partial charge on any atom is -0.497 e. The topological polar surface area (TPSA) is 30.5 Å². The Morgan fingerprint density at radius 1 is 1.44 bits per heavy atom. The Labute approximate surface area is 96.8 Å². The van der Waals surface area contributed by atoms with Crippen LogP contribution in [0.15, 0.2) is 18.2 Å². The van der Waals surface area contributed by atoms with Crippen LogP contribution in [0.3, 0.4) is 0 Å². The van der Waals surface area contributed by atoms with Crippen molar-refractivity contribution in [1.82, 2.24) is 5.32 Å². The van der Waals surface area contributed by atoms with E-state index in [1.54, 1.807) is 7.11 Å². The summed E-state index contributed by atoms with van der Waals surface area (Å²) in [5.41, 5.74) is 1.08. The van der Waals surface area contributed by atoms with Gasteiger partial charge in [0.2, 0.25) is 0 Å². The Hall–Kier alpha value is -1.66. The van der Waals surface area contributed by atoms with Gasteiger partial charge in [-0.1, -0.05) is 18.9 Å². The molecule has 1 aromatic carbocycles. The van der Waals surface area contributed by atoms with Crippen LogP contribution in [-0.4, -0.2) is 20.3 Å². The van der Waals surface area contributed by atoms with E-state index in [0.29, 0.717) is 0 Å². The molecule has 0 radical (unpaired) electrons. The van der Waals surface area contributed by atoms with Crippen molar-refractivity contribution < 1.29 is 9.47 Å². The summed E-state index contributed by atoms with van der Waals surface area (Å²) in [6.07, 6.45) is 5.18. The molecule has 0 saturated heterocycles. The first kappa shape index (κ1) is 12.4. The van der Waals surface area contributed by atoms with Crippen LogP contribution in [0, 0.1) is 12.3 Å². The minimum atomic E-state index is 0.270. The van der Waals surface area contributed by atoms with Gasteiger partial charge in [-0.2, -0.15) is 0 Å². The van der Waals surface area contributed by atoms with Gasteiger partial charge >= 0.3 is 0 Å². The van der Waals surface area contributed by atoms with Crippen molar-refractivity contribution in [2.75, 3.05) is 20.3 Å². The third-order valence-electron chi connectivity index (χ3n) is 2.15. The van der Waals surface area contributed by atoms with E-state index in [9.17, 15) is 0 Å². The predicted molar refractivity (Wildman–Crippen MR) is 64.7 cm³/mol. The molecule has 0 aromatic heterocycles. The van der Waals surface area contributed by atoms with Crippen LogP contribution in [0.5, 0.6) is 11.5 Å². The molecule has 0 saturated carbocycles. The molecule has 0 aliphatic rings. The molecule has 1 rings (SSSR count). The van der Waals surface area contributed by atoms with Gasteiger partial charge in [0.25, 0.3) is 0 Å². The molecule has 0 aliphatic carbocycles. The molecule has 0 atom stereocenters. The lowest BCUT2D eigenvalue weighted by molar-refractivity contribution is 0.358. The summed E-state index contributed by atoms with van der Waals surface area (Å²) in [7, 11) is 1.63. The van der Waals surface area contributed by atoms with Crippen LogP contribution in [-0.2, 0) is 6.54 Å². The van der Waals surface area contributed by atoms with Crippen molar-refractivity contribution in [3.63, 3.8) is 0 Å². The second kappa shape index (κ2) is 6.76. The third-order valence-corrected chi connectivity index (χ3v) is 2.15. The molecule has 3 heteroatoms. The van der Waals surface area contributed by atoms with Crippen LogP contribution in [0.2, 0.25) is 0 Å². The van der Waals surface area contributed by atoms with Crippen LogP contribution >= 0.6 is 0 Å². The Kier molecular flexibility index (Phi) is 5.24. The van der Waals surface area contributed by atoms with Crippen molar-refractivity contribution >= 4 is 0 Å². The Morgan fingerprint density at radius 3 is 2.88 bits per heavy atom. The fraction of sp³-hybridized carbons (Fsp3) is 0.385. The van der Waals surface area contributed by atoms with E-state index >= 15 is 0 Å². The quantitative estimate of drug-likeness (QED) is 0.740. The summed E-state index contributed by atoms with van der Waals surface area (Å²) in [5.74, 6) is 4.00.